The molecule has 0 saturated carbocycles. The number of anilines is 1. The van der Waals surface area contributed by atoms with Crippen LogP contribution in [0.15, 0.2) is 99.9 Å². The Labute approximate surface area is 167 Å². The van der Waals surface area contributed by atoms with Crippen molar-refractivity contribution in [2.75, 3.05) is 5.32 Å². The number of allylic oxidation sites excluding steroid dienone is 2. The van der Waals surface area contributed by atoms with Gasteiger partial charge in [0.25, 0.3) is 10.0 Å². The minimum Gasteiger partial charge on any atom is -0.508 e. The summed E-state index contributed by atoms with van der Waals surface area (Å²) in [6.07, 6.45) is 1.43. The second-order valence-corrected chi connectivity index (χ2v) is 7.97. The van der Waals surface area contributed by atoms with Crippen LogP contribution in [0.4, 0.5) is 5.69 Å². The zero-order valence-electron chi connectivity index (χ0n) is 15.1. The molecule has 1 aliphatic rings. The van der Waals surface area contributed by atoms with Crippen molar-refractivity contribution in [1.29, 1.82) is 0 Å². The van der Waals surface area contributed by atoms with Crippen molar-refractivity contribution in [2.24, 2.45) is 4.40 Å². The number of carbonyl (C=O) groups excluding carboxylic acids is 1. The highest BCUT2D eigenvalue weighted by Crippen LogP contribution is 2.25. The van der Waals surface area contributed by atoms with Crippen LogP contribution < -0.4 is 5.32 Å². The molecule has 0 aliphatic heterocycles. The first-order valence-electron chi connectivity index (χ1n) is 8.76. The summed E-state index contributed by atoms with van der Waals surface area (Å²) in [5.41, 5.74) is 1.75. The van der Waals surface area contributed by atoms with Crippen molar-refractivity contribution in [3.8, 4) is 5.75 Å². The van der Waals surface area contributed by atoms with Crippen LogP contribution in [-0.2, 0) is 10.0 Å². The fourth-order valence-corrected chi connectivity index (χ4v) is 3.99. The molecule has 0 amide bonds. The van der Waals surface area contributed by atoms with Crippen molar-refractivity contribution in [3.63, 3.8) is 0 Å². The summed E-state index contributed by atoms with van der Waals surface area (Å²) in [4.78, 5) is 13.0. The van der Waals surface area contributed by atoms with Gasteiger partial charge in [0.2, 0.25) is 5.78 Å². The molecular formula is C22H16N2O4S. The monoisotopic (exact) mass is 404 g/mol. The Balaban J connectivity index is 1.81. The number of sulfonamides is 1. The number of rotatable bonds is 4. The highest BCUT2D eigenvalue weighted by molar-refractivity contribution is 7.90. The lowest BCUT2D eigenvalue weighted by Crippen LogP contribution is -2.22. The second-order valence-electron chi connectivity index (χ2n) is 6.37. The lowest BCUT2D eigenvalue weighted by Gasteiger charge is -2.18. The third-order valence-corrected chi connectivity index (χ3v) is 5.68. The van der Waals surface area contributed by atoms with Crippen LogP contribution in [0.25, 0.3) is 0 Å². The van der Waals surface area contributed by atoms with Gasteiger partial charge in [-0.1, -0.05) is 42.5 Å². The summed E-state index contributed by atoms with van der Waals surface area (Å²) in [7, 11) is -3.95. The highest BCUT2D eigenvalue weighted by Gasteiger charge is 2.26. The summed E-state index contributed by atoms with van der Waals surface area (Å²) in [5, 5.41) is 12.4. The molecule has 0 fully saturated rings. The summed E-state index contributed by atoms with van der Waals surface area (Å²) in [5.74, 6) is -0.175. The Kier molecular flexibility index (Phi) is 4.74. The second kappa shape index (κ2) is 7.37. The summed E-state index contributed by atoms with van der Waals surface area (Å²) >= 11 is 0. The number of carbonyl (C=O) groups is 1. The normalized spacial score (nSPS) is 15.0. The van der Waals surface area contributed by atoms with Crippen LogP contribution in [0.5, 0.6) is 5.75 Å². The van der Waals surface area contributed by atoms with E-state index < -0.39 is 10.0 Å². The van der Waals surface area contributed by atoms with Gasteiger partial charge in [0.05, 0.1) is 16.3 Å². The Morgan fingerprint density at radius 2 is 1.41 bits per heavy atom. The molecule has 3 aromatic carbocycles. The van der Waals surface area contributed by atoms with Crippen LogP contribution in [-0.4, -0.2) is 25.0 Å². The van der Waals surface area contributed by atoms with Gasteiger partial charge in [-0.05, 0) is 42.5 Å². The lowest BCUT2D eigenvalue weighted by atomic mass is 9.92. The number of nitrogens with one attached hydrogen (secondary N) is 1. The van der Waals surface area contributed by atoms with E-state index in [0.29, 0.717) is 16.8 Å². The molecule has 1 aliphatic carbocycles. The number of ketones is 1. The molecule has 0 radical (unpaired) electrons. The van der Waals surface area contributed by atoms with E-state index in [1.807, 2.05) is 0 Å². The van der Waals surface area contributed by atoms with Gasteiger partial charge in [-0.25, -0.2) is 0 Å². The number of phenolic OH excluding ortho intramolecular Hbond substituents is 1. The number of hydrogen-bond acceptors (Lipinski definition) is 5. The molecular weight excluding hydrogens is 388 g/mol. The van der Waals surface area contributed by atoms with E-state index in [1.54, 1.807) is 54.6 Å². The van der Waals surface area contributed by atoms with Gasteiger partial charge in [0.15, 0.2) is 0 Å². The Bertz CT molecular complexity index is 1250. The van der Waals surface area contributed by atoms with Crippen molar-refractivity contribution >= 4 is 27.2 Å². The first-order chi connectivity index (χ1) is 13.9. The van der Waals surface area contributed by atoms with Gasteiger partial charge in [0.1, 0.15) is 5.75 Å². The summed E-state index contributed by atoms with van der Waals surface area (Å²) < 4.78 is 29.5. The minimum absolute atomic E-state index is 0.0725. The standard InChI is InChI=1S/C22H16N2O4S/c25-16-12-10-15(11-13-16)23-21-14-20(18-8-4-5-9-19(18)22(21)26)24-29(27,28)17-6-2-1-3-7-17/h1-14,23,25H. The fraction of sp³-hybridized carbons (Fsp3) is 0. The highest BCUT2D eigenvalue weighted by atomic mass is 32.2. The van der Waals surface area contributed by atoms with Crippen molar-refractivity contribution < 1.29 is 18.3 Å². The number of Topliss-reactive ketones (excluding diaryl/α,β-unsaturated/α-hetero) is 1. The van der Waals surface area contributed by atoms with Crippen molar-refractivity contribution in [3.05, 3.63) is 102 Å². The summed E-state index contributed by atoms with van der Waals surface area (Å²) in [6, 6.07) is 20.8. The van der Waals surface area contributed by atoms with Gasteiger partial charge < -0.3 is 10.4 Å². The average Bonchev–Trinajstić information content (AvgIpc) is 2.73. The van der Waals surface area contributed by atoms with Gasteiger partial charge in [-0.3, -0.25) is 4.79 Å². The third kappa shape index (κ3) is 3.81. The van der Waals surface area contributed by atoms with E-state index in [1.165, 1.54) is 30.3 Å². The van der Waals surface area contributed by atoms with Crippen LogP contribution >= 0.6 is 0 Å². The Hall–Kier alpha value is -3.71. The lowest BCUT2D eigenvalue weighted by molar-refractivity contribution is 0.103. The number of hydrogen-bond donors (Lipinski definition) is 2. The SMILES string of the molecule is O=C1C(Nc2ccc(O)cc2)=CC(=NS(=O)(=O)c2ccccc2)c2ccccc21. The third-order valence-electron chi connectivity index (χ3n) is 4.38. The maximum Gasteiger partial charge on any atom is 0.282 e. The molecule has 0 heterocycles. The molecule has 0 aromatic heterocycles. The molecule has 0 saturated heterocycles. The predicted molar refractivity (Wildman–Crippen MR) is 111 cm³/mol. The van der Waals surface area contributed by atoms with Crippen LogP contribution in [0.1, 0.15) is 15.9 Å². The number of aromatic hydroxyl groups is 1. The molecule has 0 bridgehead atoms. The quantitative estimate of drug-likeness (QED) is 0.646. The van der Waals surface area contributed by atoms with Gasteiger partial charge in [-0.15, -0.1) is 0 Å². The maximum absolute atomic E-state index is 12.9. The van der Waals surface area contributed by atoms with Gasteiger partial charge in [-0.2, -0.15) is 12.8 Å². The van der Waals surface area contributed by atoms with E-state index in [9.17, 15) is 18.3 Å². The molecule has 7 heteroatoms. The summed E-state index contributed by atoms with van der Waals surface area (Å²) in [6.45, 7) is 0. The zero-order chi connectivity index (χ0) is 20.4. The Morgan fingerprint density at radius 1 is 0.793 bits per heavy atom. The molecule has 0 atom stereocenters. The van der Waals surface area contributed by atoms with E-state index in [0.717, 1.165) is 0 Å². The maximum atomic E-state index is 12.9. The minimum atomic E-state index is -3.95. The predicted octanol–water partition coefficient (Wildman–Crippen LogP) is 3.76. The molecule has 4 rings (SSSR count). The largest absolute Gasteiger partial charge is 0.508 e. The first-order valence-corrected chi connectivity index (χ1v) is 10.2. The number of benzene rings is 3. The smallest absolute Gasteiger partial charge is 0.282 e. The molecule has 2 N–H and O–H groups in total. The zero-order valence-corrected chi connectivity index (χ0v) is 15.9. The molecule has 6 nitrogen and oxygen atoms in total. The molecule has 0 unspecified atom stereocenters. The van der Waals surface area contributed by atoms with E-state index >= 15 is 0 Å². The van der Waals surface area contributed by atoms with Crippen LogP contribution in [0.2, 0.25) is 0 Å². The average molecular weight is 404 g/mol. The molecule has 0 spiro atoms. The topological polar surface area (TPSA) is 95.8 Å². The van der Waals surface area contributed by atoms with Crippen LogP contribution in [0.3, 0.4) is 0 Å². The number of nitrogens with zero attached hydrogens (tertiary/aromatic N) is 1. The van der Waals surface area contributed by atoms with Crippen molar-refractivity contribution in [1.82, 2.24) is 0 Å². The molecule has 144 valence electrons. The van der Waals surface area contributed by atoms with E-state index in [-0.39, 0.29) is 27.8 Å². The fourth-order valence-electron chi connectivity index (χ4n) is 2.97. The van der Waals surface area contributed by atoms with E-state index in [4.69, 9.17) is 0 Å². The molecule has 29 heavy (non-hydrogen) atoms. The first kappa shape index (κ1) is 18.6. The Morgan fingerprint density at radius 3 is 2.10 bits per heavy atom. The number of phenols is 1. The van der Waals surface area contributed by atoms with Crippen molar-refractivity contribution in [2.45, 2.75) is 4.90 Å². The van der Waals surface area contributed by atoms with E-state index in [2.05, 4.69) is 9.71 Å². The molecule has 3 aromatic rings. The van der Waals surface area contributed by atoms with Gasteiger partial charge >= 0.3 is 0 Å². The van der Waals surface area contributed by atoms with Crippen LogP contribution in [0, 0.1) is 0 Å². The number of fused-ring (bicyclic) bond motifs is 1. The van der Waals surface area contributed by atoms with Gasteiger partial charge in [0, 0.05) is 16.8 Å².